The summed E-state index contributed by atoms with van der Waals surface area (Å²) in [5.74, 6) is 0.0285. The fourth-order valence-corrected chi connectivity index (χ4v) is 2.65. The third-order valence-electron chi connectivity index (χ3n) is 3.76. The Balaban J connectivity index is 2.15. The number of carboxylic acids is 1. The van der Waals surface area contributed by atoms with Crippen LogP contribution in [-0.2, 0) is 9.53 Å². The minimum absolute atomic E-state index is 0.0811. The number of carboxylic acid groups (broad SMARTS) is 1. The number of aliphatic carboxylic acids is 1. The summed E-state index contributed by atoms with van der Waals surface area (Å²) in [5, 5.41) is 9.02. The minimum Gasteiger partial charge on any atom is -0.497 e. The van der Waals surface area contributed by atoms with E-state index in [9.17, 15) is 4.79 Å². The molecule has 0 aromatic heterocycles. The normalized spacial score (nSPS) is 21.4. The number of hydrogen-bond acceptors (Lipinski definition) is 4. The fraction of sp³-hybridized carbons (Fsp3) is 0.533. The number of hydrogen-bond donors (Lipinski definition) is 1. The van der Waals surface area contributed by atoms with Crippen LogP contribution in [0, 0.1) is 0 Å². The number of morpholine rings is 1. The molecule has 5 heteroatoms. The van der Waals surface area contributed by atoms with Crippen LogP contribution in [0.2, 0.25) is 0 Å². The molecular formula is C15H21NO4. The summed E-state index contributed by atoms with van der Waals surface area (Å²) in [6.07, 6.45) is 0.105. The van der Waals surface area contributed by atoms with Gasteiger partial charge in [-0.05, 0) is 24.6 Å². The van der Waals surface area contributed by atoms with E-state index < -0.39 is 5.97 Å². The zero-order chi connectivity index (χ0) is 14.5. The molecule has 5 nitrogen and oxygen atoms in total. The van der Waals surface area contributed by atoms with Crippen LogP contribution in [0.15, 0.2) is 24.3 Å². The van der Waals surface area contributed by atoms with Gasteiger partial charge in [0.05, 0.1) is 26.7 Å². The van der Waals surface area contributed by atoms with Crippen molar-refractivity contribution in [1.82, 2.24) is 4.90 Å². The minimum atomic E-state index is -0.789. The quantitative estimate of drug-likeness (QED) is 0.892. The van der Waals surface area contributed by atoms with E-state index in [0.29, 0.717) is 13.2 Å². The van der Waals surface area contributed by atoms with Crippen LogP contribution in [0.3, 0.4) is 0 Å². The number of benzene rings is 1. The van der Waals surface area contributed by atoms with Crippen LogP contribution in [0.4, 0.5) is 0 Å². The highest BCUT2D eigenvalue weighted by atomic mass is 16.5. The Kier molecular flexibility index (Phi) is 4.98. The van der Waals surface area contributed by atoms with Crippen molar-refractivity contribution in [2.75, 3.05) is 26.9 Å². The number of ether oxygens (including phenoxy) is 2. The molecule has 1 N–H and O–H groups in total. The molecule has 1 aromatic carbocycles. The molecule has 1 saturated heterocycles. The van der Waals surface area contributed by atoms with Crippen molar-refractivity contribution in [2.45, 2.75) is 25.4 Å². The van der Waals surface area contributed by atoms with Crippen LogP contribution < -0.4 is 4.74 Å². The lowest BCUT2D eigenvalue weighted by molar-refractivity contribution is -0.140. The first kappa shape index (κ1) is 14.8. The summed E-state index contributed by atoms with van der Waals surface area (Å²) >= 11 is 0. The van der Waals surface area contributed by atoms with E-state index >= 15 is 0 Å². The van der Waals surface area contributed by atoms with E-state index in [4.69, 9.17) is 14.6 Å². The Morgan fingerprint density at radius 1 is 1.60 bits per heavy atom. The largest absolute Gasteiger partial charge is 0.497 e. The van der Waals surface area contributed by atoms with E-state index in [0.717, 1.165) is 17.9 Å². The highest BCUT2D eigenvalue weighted by molar-refractivity contribution is 5.67. The Bertz CT molecular complexity index is 463. The lowest BCUT2D eigenvalue weighted by Gasteiger charge is -2.39. The second kappa shape index (κ2) is 6.72. The van der Waals surface area contributed by atoms with Crippen molar-refractivity contribution in [3.05, 3.63) is 29.8 Å². The molecule has 0 amide bonds. The Hall–Kier alpha value is -1.59. The summed E-state index contributed by atoms with van der Waals surface area (Å²) in [6, 6.07) is 7.96. The first-order chi connectivity index (χ1) is 9.61. The van der Waals surface area contributed by atoms with E-state index in [2.05, 4.69) is 11.8 Å². The molecule has 1 fully saturated rings. The Morgan fingerprint density at radius 3 is 3.10 bits per heavy atom. The van der Waals surface area contributed by atoms with Gasteiger partial charge in [0.25, 0.3) is 0 Å². The van der Waals surface area contributed by atoms with Gasteiger partial charge in [-0.1, -0.05) is 12.1 Å². The van der Waals surface area contributed by atoms with Gasteiger partial charge in [0, 0.05) is 18.6 Å². The van der Waals surface area contributed by atoms with E-state index in [1.807, 2.05) is 24.3 Å². The predicted octanol–water partition coefficient (Wildman–Crippen LogP) is 1.93. The fourth-order valence-electron chi connectivity index (χ4n) is 2.65. The molecule has 2 unspecified atom stereocenters. The molecule has 0 bridgehead atoms. The highest BCUT2D eigenvalue weighted by Gasteiger charge is 2.29. The van der Waals surface area contributed by atoms with Crippen LogP contribution in [-0.4, -0.2) is 48.9 Å². The second-order valence-corrected chi connectivity index (χ2v) is 5.02. The van der Waals surface area contributed by atoms with Gasteiger partial charge in [-0.25, -0.2) is 0 Å². The molecule has 1 aromatic rings. The average Bonchev–Trinajstić information content (AvgIpc) is 2.46. The van der Waals surface area contributed by atoms with Crippen molar-refractivity contribution in [2.24, 2.45) is 0 Å². The SMILES string of the molecule is COc1cccc(C(C)N2CCOCC2CC(=O)O)c1. The molecule has 110 valence electrons. The third kappa shape index (κ3) is 3.49. The van der Waals surface area contributed by atoms with Gasteiger partial charge in [0.2, 0.25) is 0 Å². The van der Waals surface area contributed by atoms with Gasteiger partial charge in [-0.15, -0.1) is 0 Å². The first-order valence-electron chi connectivity index (χ1n) is 6.81. The maximum Gasteiger partial charge on any atom is 0.305 e. The zero-order valence-electron chi connectivity index (χ0n) is 11.9. The Morgan fingerprint density at radius 2 is 2.40 bits per heavy atom. The maximum atomic E-state index is 11.0. The van der Waals surface area contributed by atoms with Crippen LogP contribution in [0.25, 0.3) is 0 Å². The molecule has 1 heterocycles. The molecule has 1 aliphatic heterocycles. The van der Waals surface area contributed by atoms with Crippen LogP contribution >= 0.6 is 0 Å². The smallest absolute Gasteiger partial charge is 0.305 e. The lowest BCUT2D eigenvalue weighted by atomic mass is 10.0. The third-order valence-corrected chi connectivity index (χ3v) is 3.76. The van der Waals surface area contributed by atoms with Crippen molar-refractivity contribution >= 4 is 5.97 Å². The molecule has 0 aliphatic carbocycles. The standard InChI is InChI=1S/C15H21NO4/c1-11(12-4-3-5-14(8-12)19-2)16-6-7-20-10-13(16)9-15(17)18/h3-5,8,11,13H,6-7,9-10H2,1-2H3,(H,17,18). The van der Waals surface area contributed by atoms with Crippen molar-refractivity contribution in [3.63, 3.8) is 0 Å². The molecule has 0 spiro atoms. The molecule has 2 atom stereocenters. The highest BCUT2D eigenvalue weighted by Crippen LogP contribution is 2.27. The topological polar surface area (TPSA) is 59.0 Å². The summed E-state index contributed by atoms with van der Waals surface area (Å²) in [7, 11) is 1.64. The van der Waals surface area contributed by atoms with Gasteiger partial charge < -0.3 is 14.6 Å². The average molecular weight is 279 g/mol. The van der Waals surface area contributed by atoms with Gasteiger partial charge in [0.15, 0.2) is 0 Å². The molecule has 0 saturated carbocycles. The summed E-state index contributed by atoms with van der Waals surface area (Å²) in [5.41, 5.74) is 1.13. The molecule has 2 rings (SSSR count). The first-order valence-corrected chi connectivity index (χ1v) is 6.81. The number of methoxy groups -OCH3 is 1. The number of rotatable bonds is 5. The van der Waals surface area contributed by atoms with Crippen molar-refractivity contribution in [1.29, 1.82) is 0 Å². The number of carbonyl (C=O) groups is 1. The molecule has 0 radical (unpaired) electrons. The summed E-state index contributed by atoms with van der Waals surface area (Å²) in [6.45, 7) is 3.95. The summed E-state index contributed by atoms with van der Waals surface area (Å²) < 4.78 is 10.7. The van der Waals surface area contributed by atoms with Crippen molar-refractivity contribution in [3.8, 4) is 5.75 Å². The zero-order valence-corrected chi connectivity index (χ0v) is 11.9. The second-order valence-electron chi connectivity index (χ2n) is 5.02. The van der Waals surface area contributed by atoms with E-state index in [1.54, 1.807) is 7.11 Å². The van der Waals surface area contributed by atoms with Gasteiger partial charge in [-0.2, -0.15) is 0 Å². The lowest BCUT2D eigenvalue weighted by Crippen LogP contribution is -2.47. The molecule has 1 aliphatic rings. The van der Waals surface area contributed by atoms with Gasteiger partial charge >= 0.3 is 5.97 Å². The monoisotopic (exact) mass is 279 g/mol. The molecule has 20 heavy (non-hydrogen) atoms. The van der Waals surface area contributed by atoms with Crippen LogP contribution in [0.1, 0.15) is 24.9 Å². The number of nitrogens with zero attached hydrogens (tertiary/aromatic N) is 1. The summed E-state index contributed by atoms with van der Waals surface area (Å²) in [4.78, 5) is 13.2. The van der Waals surface area contributed by atoms with Crippen LogP contribution in [0.5, 0.6) is 5.75 Å². The van der Waals surface area contributed by atoms with Gasteiger partial charge in [0.1, 0.15) is 5.75 Å². The Labute approximate surface area is 119 Å². The van der Waals surface area contributed by atoms with Crippen molar-refractivity contribution < 1.29 is 19.4 Å². The van der Waals surface area contributed by atoms with Gasteiger partial charge in [-0.3, -0.25) is 9.69 Å². The van der Waals surface area contributed by atoms with E-state index in [-0.39, 0.29) is 18.5 Å². The molecular weight excluding hydrogens is 258 g/mol. The van der Waals surface area contributed by atoms with E-state index in [1.165, 1.54) is 0 Å². The predicted molar refractivity (Wildman–Crippen MR) is 75.0 cm³/mol. The maximum absolute atomic E-state index is 11.0.